The van der Waals surface area contributed by atoms with E-state index in [0.29, 0.717) is 6.61 Å². The molecule has 20 heavy (non-hydrogen) atoms. The van der Waals surface area contributed by atoms with Crippen molar-refractivity contribution in [3.05, 3.63) is 34.6 Å². The fourth-order valence-electron chi connectivity index (χ4n) is 2.61. The molecule has 2 aromatic rings. The number of nitrogens with one attached hydrogen (secondary N) is 1. The van der Waals surface area contributed by atoms with Gasteiger partial charge in [0.15, 0.2) is 0 Å². The molecule has 1 aromatic heterocycles. The highest BCUT2D eigenvalue weighted by Crippen LogP contribution is 2.36. The lowest BCUT2D eigenvalue weighted by molar-refractivity contribution is 0.183. The van der Waals surface area contributed by atoms with Crippen LogP contribution in [0, 0.1) is 6.92 Å². The maximum absolute atomic E-state index is 6.16. The number of furan rings is 1. The number of ether oxygens (including phenoxy) is 1. The van der Waals surface area contributed by atoms with Crippen molar-refractivity contribution in [1.82, 2.24) is 5.32 Å². The molecule has 0 fully saturated rings. The second-order valence-corrected chi connectivity index (χ2v) is 6.41. The summed E-state index contributed by atoms with van der Waals surface area (Å²) in [5, 5.41) is 4.35. The molecule has 0 spiro atoms. The minimum atomic E-state index is 0.0589. The van der Waals surface area contributed by atoms with Crippen molar-refractivity contribution in [3.8, 4) is 0 Å². The Hall–Kier alpha value is -1.32. The highest BCUT2D eigenvalue weighted by molar-refractivity contribution is 5.86. The molecule has 3 nitrogen and oxygen atoms in total. The zero-order chi connectivity index (χ0) is 14.9. The van der Waals surface area contributed by atoms with E-state index in [1.165, 1.54) is 16.5 Å². The number of rotatable bonds is 4. The summed E-state index contributed by atoms with van der Waals surface area (Å²) in [6.07, 6.45) is 0. The minimum Gasteiger partial charge on any atom is -0.459 e. The Balaban J connectivity index is 2.75. The average Bonchev–Trinajstić information content (AvgIpc) is 2.67. The molecular formula is C17H25NO2. The first-order chi connectivity index (χ1) is 9.38. The van der Waals surface area contributed by atoms with Crippen LogP contribution in [0.3, 0.4) is 0 Å². The number of hydrogen-bond acceptors (Lipinski definition) is 3. The predicted molar refractivity (Wildman–Crippen MR) is 83.1 cm³/mol. The molecule has 0 radical (unpaired) electrons. The molecular weight excluding hydrogens is 250 g/mol. The zero-order valence-electron chi connectivity index (χ0n) is 13.4. The Labute approximate surface area is 121 Å². The molecule has 0 amide bonds. The molecule has 0 atom stereocenters. The summed E-state index contributed by atoms with van der Waals surface area (Å²) in [7, 11) is 3.65. The van der Waals surface area contributed by atoms with Gasteiger partial charge in [0.2, 0.25) is 0 Å². The molecule has 0 saturated carbocycles. The van der Waals surface area contributed by atoms with Gasteiger partial charge in [-0.15, -0.1) is 0 Å². The van der Waals surface area contributed by atoms with Crippen molar-refractivity contribution < 1.29 is 9.15 Å². The van der Waals surface area contributed by atoms with E-state index in [-0.39, 0.29) is 5.41 Å². The van der Waals surface area contributed by atoms with E-state index in [0.717, 1.165) is 23.5 Å². The van der Waals surface area contributed by atoms with E-state index >= 15 is 0 Å². The first-order valence-electron chi connectivity index (χ1n) is 7.07. The predicted octanol–water partition coefficient (Wildman–Crippen LogP) is 3.90. The molecule has 0 unspecified atom stereocenters. The third-order valence-corrected chi connectivity index (χ3v) is 3.55. The molecule has 0 aliphatic carbocycles. The normalized spacial score (nSPS) is 12.3. The smallest absolute Gasteiger partial charge is 0.138 e. The molecule has 1 aromatic carbocycles. The first-order valence-corrected chi connectivity index (χ1v) is 7.07. The van der Waals surface area contributed by atoms with Gasteiger partial charge in [0.25, 0.3) is 0 Å². The van der Waals surface area contributed by atoms with Crippen molar-refractivity contribution in [2.24, 2.45) is 0 Å². The molecule has 0 aliphatic heterocycles. The number of fused-ring (bicyclic) bond motifs is 1. The van der Waals surface area contributed by atoms with Crippen LogP contribution in [0.4, 0.5) is 0 Å². The quantitative estimate of drug-likeness (QED) is 0.918. The van der Waals surface area contributed by atoms with Crippen LogP contribution < -0.4 is 5.32 Å². The Morgan fingerprint density at radius 2 is 1.95 bits per heavy atom. The van der Waals surface area contributed by atoms with Crippen LogP contribution in [0.15, 0.2) is 16.5 Å². The largest absolute Gasteiger partial charge is 0.459 e. The number of hydrogen-bond donors (Lipinski definition) is 1. The van der Waals surface area contributed by atoms with Gasteiger partial charge in [0.05, 0.1) is 13.2 Å². The van der Waals surface area contributed by atoms with E-state index < -0.39 is 0 Å². The van der Waals surface area contributed by atoms with Crippen LogP contribution in [0.2, 0.25) is 0 Å². The minimum absolute atomic E-state index is 0.0589. The van der Waals surface area contributed by atoms with Crippen molar-refractivity contribution in [2.75, 3.05) is 14.2 Å². The topological polar surface area (TPSA) is 34.4 Å². The van der Waals surface area contributed by atoms with Crippen LogP contribution in [0.1, 0.15) is 43.2 Å². The first kappa shape index (κ1) is 15.1. The van der Waals surface area contributed by atoms with E-state index in [1.54, 1.807) is 7.11 Å². The van der Waals surface area contributed by atoms with Gasteiger partial charge in [0.1, 0.15) is 11.3 Å². The molecule has 0 bridgehead atoms. The maximum Gasteiger partial charge on any atom is 0.138 e. The molecule has 2 rings (SSSR count). The third-order valence-electron chi connectivity index (χ3n) is 3.55. The van der Waals surface area contributed by atoms with Gasteiger partial charge < -0.3 is 14.5 Å². The summed E-state index contributed by atoms with van der Waals surface area (Å²) in [6.45, 7) is 10.1. The fourth-order valence-corrected chi connectivity index (χ4v) is 2.61. The standard InChI is InChI=1S/C17H25NO2/c1-11-7-12-13(10-19-6)15(9-18-5)20-16(12)14(8-11)17(2,3)4/h7-8,18H,9-10H2,1-6H3. The zero-order valence-corrected chi connectivity index (χ0v) is 13.4. The monoisotopic (exact) mass is 275 g/mol. The highest BCUT2D eigenvalue weighted by Gasteiger charge is 2.23. The summed E-state index contributed by atoms with van der Waals surface area (Å²) in [4.78, 5) is 0. The van der Waals surface area contributed by atoms with Crippen LogP contribution in [0.5, 0.6) is 0 Å². The second-order valence-electron chi connectivity index (χ2n) is 6.41. The van der Waals surface area contributed by atoms with Crippen LogP contribution in [-0.4, -0.2) is 14.2 Å². The van der Waals surface area contributed by atoms with Gasteiger partial charge in [0, 0.05) is 23.6 Å². The maximum atomic E-state index is 6.16. The number of aryl methyl sites for hydroxylation is 1. The number of benzene rings is 1. The lowest BCUT2D eigenvalue weighted by Gasteiger charge is -2.20. The van der Waals surface area contributed by atoms with Crippen molar-refractivity contribution in [3.63, 3.8) is 0 Å². The van der Waals surface area contributed by atoms with Crippen molar-refractivity contribution in [1.29, 1.82) is 0 Å². The van der Waals surface area contributed by atoms with E-state index in [1.807, 2.05) is 7.05 Å². The SMILES string of the molecule is CNCc1oc2c(C(C)(C)C)cc(C)cc2c1COC. The van der Waals surface area contributed by atoms with Crippen molar-refractivity contribution in [2.45, 2.75) is 46.3 Å². The Kier molecular flexibility index (Phi) is 4.21. The van der Waals surface area contributed by atoms with E-state index in [4.69, 9.17) is 9.15 Å². The van der Waals surface area contributed by atoms with Gasteiger partial charge in [-0.05, 0) is 31.0 Å². The van der Waals surface area contributed by atoms with E-state index in [2.05, 4.69) is 45.1 Å². The van der Waals surface area contributed by atoms with Gasteiger partial charge >= 0.3 is 0 Å². The molecule has 110 valence electrons. The highest BCUT2D eigenvalue weighted by atomic mass is 16.5. The molecule has 1 N–H and O–H groups in total. The average molecular weight is 275 g/mol. The summed E-state index contributed by atoms with van der Waals surface area (Å²) < 4.78 is 11.5. The lowest BCUT2D eigenvalue weighted by atomic mass is 9.85. The summed E-state index contributed by atoms with van der Waals surface area (Å²) in [5.41, 5.74) is 4.74. The van der Waals surface area contributed by atoms with Gasteiger partial charge in [-0.2, -0.15) is 0 Å². The third kappa shape index (κ3) is 2.74. The summed E-state index contributed by atoms with van der Waals surface area (Å²) in [6, 6.07) is 4.42. The second kappa shape index (κ2) is 5.58. The Bertz CT molecular complexity index is 605. The van der Waals surface area contributed by atoms with Gasteiger partial charge in [-0.3, -0.25) is 0 Å². The van der Waals surface area contributed by atoms with E-state index in [9.17, 15) is 0 Å². The van der Waals surface area contributed by atoms with Crippen LogP contribution in [-0.2, 0) is 23.3 Å². The summed E-state index contributed by atoms with van der Waals surface area (Å²) >= 11 is 0. The molecule has 0 aliphatic rings. The molecule has 3 heteroatoms. The molecule has 1 heterocycles. The summed E-state index contributed by atoms with van der Waals surface area (Å²) in [5.74, 6) is 0.973. The number of methoxy groups -OCH3 is 1. The molecule has 0 saturated heterocycles. The lowest BCUT2D eigenvalue weighted by Crippen LogP contribution is -2.11. The van der Waals surface area contributed by atoms with Crippen molar-refractivity contribution >= 4 is 11.0 Å². The Morgan fingerprint density at radius 3 is 2.50 bits per heavy atom. The van der Waals surface area contributed by atoms with Gasteiger partial charge in [-0.1, -0.05) is 26.8 Å². The van der Waals surface area contributed by atoms with Crippen LogP contribution >= 0.6 is 0 Å². The van der Waals surface area contributed by atoms with Crippen LogP contribution in [0.25, 0.3) is 11.0 Å². The Morgan fingerprint density at radius 1 is 1.25 bits per heavy atom. The van der Waals surface area contributed by atoms with Gasteiger partial charge in [-0.25, -0.2) is 0 Å². The fraction of sp³-hybridized carbons (Fsp3) is 0.529.